The van der Waals surface area contributed by atoms with Crippen molar-refractivity contribution in [3.05, 3.63) is 29.8 Å². The van der Waals surface area contributed by atoms with Crippen LogP contribution in [0.1, 0.15) is 24.2 Å². The van der Waals surface area contributed by atoms with Gasteiger partial charge in [-0.05, 0) is 19.1 Å². The molecule has 110 valence electrons. The first kappa shape index (κ1) is 16.3. The van der Waals surface area contributed by atoms with Crippen LogP contribution in [0, 0.1) is 0 Å². The molecule has 0 unspecified atom stereocenters. The number of carbonyl (C=O) groups is 2. The molecule has 1 aromatic carbocycles. The second kappa shape index (κ2) is 6.62. The van der Waals surface area contributed by atoms with E-state index in [-0.39, 0.29) is 23.8 Å². The van der Waals surface area contributed by atoms with Gasteiger partial charge in [0.1, 0.15) is 0 Å². The second-order valence-electron chi connectivity index (χ2n) is 4.19. The van der Waals surface area contributed by atoms with Crippen LogP contribution in [0.15, 0.2) is 29.2 Å². The summed E-state index contributed by atoms with van der Waals surface area (Å²) in [5, 5.41) is 2.38. The van der Waals surface area contributed by atoms with E-state index in [2.05, 4.69) is 5.32 Å². The van der Waals surface area contributed by atoms with Gasteiger partial charge in [0.2, 0.25) is 15.9 Å². The van der Waals surface area contributed by atoms with E-state index >= 15 is 0 Å². The average Bonchev–Trinajstić information content (AvgIpc) is 2.44. The van der Waals surface area contributed by atoms with Crippen molar-refractivity contribution in [2.45, 2.75) is 18.7 Å². The predicted molar refractivity (Wildman–Crippen MR) is 74.9 cm³/mol. The van der Waals surface area contributed by atoms with Crippen molar-refractivity contribution in [2.24, 2.45) is 0 Å². The molecule has 0 spiro atoms. The van der Waals surface area contributed by atoms with Crippen LogP contribution in [0.3, 0.4) is 0 Å². The van der Waals surface area contributed by atoms with Gasteiger partial charge < -0.3 is 5.32 Å². The van der Waals surface area contributed by atoms with Crippen molar-refractivity contribution in [2.75, 3.05) is 20.1 Å². The number of ketones is 1. The molecule has 0 aliphatic rings. The Labute approximate surface area is 118 Å². The summed E-state index contributed by atoms with van der Waals surface area (Å²) in [6, 6.07) is 5.80. The summed E-state index contributed by atoms with van der Waals surface area (Å²) in [6.07, 6.45) is 0. The fourth-order valence-corrected chi connectivity index (χ4v) is 3.08. The van der Waals surface area contributed by atoms with Crippen molar-refractivity contribution >= 4 is 21.7 Å². The quantitative estimate of drug-likeness (QED) is 0.781. The second-order valence-corrected chi connectivity index (χ2v) is 6.13. The number of likely N-dealkylation sites (N-methyl/N-ethyl adjacent to an activating group) is 2. The highest BCUT2D eigenvalue weighted by Crippen LogP contribution is 2.17. The third-order valence-corrected chi connectivity index (χ3v) is 4.75. The third kappa shape index (κ3) is 3.64. The molecule has 1 aromatic rings. The first-order valence-electron chi connectivity index (χ1n) is 6.14. The molecule has 0 aliphatic heterocycles. The minimum Gasteiger partial charge on any atom is -0.358 e. The molecule has 1 rings (SSSR count). The van der Waals surface area contributed by atoms with Crippen LogP contribution in [0.2, 0.25) is 0 Å². The van der Waals surface area contributed by atoms with Crippen LogP contribution in [0.5, 0.6) is 0 Å². The van der Waals surface area contributed by atoms with Crippen LogP contribution < -0.4 is 5.32 Å². The van der Waals surface area contributed by atoms with E-state index in [1.165, 1.54) is 32.2 Å². The first-order chi connectivity index (χ1) is 9.32. The van der Waals surface area contributed by atoms with E-state index in [1.54, 1.807) is 13.0 Å². The number of rotatable bonds is 6. The molecule has 6 nitrogen and oxygen atoms in total. The number of amides is 1. The van der Waals surface area contributed by atoms with Gasteiger partial charge in [0.25, 0.3) is 0 Å². The molecule has 0 aromatic heterocycles. The van der Waals surface area contributed by atoms with Gasteiger partial charge in [0.15, 0.2) is 5.78 Å². The van der Waals surface area contributed by atoms with Crippen LogP contribution in [-0.4, -0.2) is 44.6 Å². The number of Topliss-reactive ketones (excluding diaryl/α,β-unsaturated/α-hetero) is 1. The maximum absolute atomic E-state index is 12.4. The number of nitrogens with one attached hydrogen (secondary N) is 1. The molecule has 0 radical (unpaired) electrons. The topological polar surface area (TPSA) is 83.6 Å². The van der Waals surface area contributed by atoms with E-state index < -0.39 is 15.9 Å². The molecule has 0 fully saturated rings. The number of benzene rings is 1. The zero-order chi connectivity index (χ0) is 15.3. The Morgan fingerprint density at radius 3 is 2.45 bits per heavy atom. The van der Waals surface area contributed by atoms with E-state index in [1.807, 2.05) is 0 Å². The van der Waals surface area contributed by atoms with Crippen molar-refractivity contribution in [3.8, 4) is 0 Å². The van der Waals surface area contributed by atoms with Gasteiger partial charge in [-0.15, -0.1) is 0 Å². The van der Waals surface area contributed by atoms with Crippen LogP contribution in [0.25, 0.3) is 0 Å². The van der Waals surface area contributed by atoms with Crippen molar-refractivity contribution in [3.63, 3.8) is 0 Å². The zero-order valence-corrected chi connectivity index (χ0v) is 12.5. The largest absolute Gasteiger partial charge is 0.358 e. The number of sulfonamides is 1. The van der Waals surface area contributed by atoms with Crippen LogP contribution >= 0.6 is 0 Å². The lowest BCUT2D eigenvalue weighted by atomic mass is 10.2. The number of hydrogen-bond donors (Lipinski definition) is 1. The van der Waals surface area contributed by atoms with Crippen molar-refractivity contribution < 1.29 is 18.0 Å². The summed E-state index contributed by atoms with van der Waals surface area (Å²) < 4.78 is 25.9. The molecule has 0 saturated carbocycles. The molecular formula is C13H18N2O4S. The van der Waals surface area contributed by atoms with Gasteiger partial charge in [0, 0.05) is 19.2 Å². The number of nitrogens with zero attached hydrogens (tertiary/aromatic N) is 1. The molecule has 0 saturated heterocycles. The highest BCUT2D eigenvalue weighted by molar-refractivity contribution is 7.89. The monoisotopic (exact) mass is 298 g/mol. The Balaban J connectivity index is 3.17. The number of hydrogen-bond acceptors (Lipinski definition) is 4. The molecule has 0 aliphatic carbocycles. The van der Waals surface area contributed by atoms with Gasteiger partial charge in [-0.3, -0.25) is 9.59 Å². The molecule has 0 bridgehead atoms. The zero-order valence-electron chi connectivity index (χ0n) is 11.7. The third-order valence-electron chi connectivity index (χ3n) is 2.83. The Morgan fingerprint density at radius 1 is 1.30 bits per heavy atom. The van der Waals surface area contributed by atoms with Gasteiger partial charge in [-0.1, -0.05) is 19.1 Å². The standard InChI is InChI=1S/C13H18N2O4S/c1-4-15(9-13(17)14-3)20(18,19)12-7-5-6-11(8-12)10(2)16/h5-8H,4,9H2,1-3H3,(H,14,17). The maximum atomic E-state index is 12.4. The maximum Gasteiger partial charge on any atom is 0.243 e. The normalized spacial score (nSPS) is 11.4. The molecule has 0 heterocycles. The predicted octanol–water partition coefficient (Wildman–Crippen LogP) is 0.646. The Kier molecular flexibility index (Phi) is 5.41. The molecule has 7 heteroatoms. The molecule has 0 atom stereocenters. The van der Waals surface area contributed by atoms with Gasteiger partial charge in [0.05, 0.1) is 11.4 Å². The van der Waals surface area contributed by atoms with Gasteiger partial charge in [-0.25, -0.2) is 8.42 Å². The Bertz CT molecular complexity index is 611. The summed E-state index contributed by atoms with van der Waals surface area (Å²) in [7, 11) is -2.35. The SMILES string of the molecule is CCN(CC(=O)NC)S(=O)(=O)c1cccc(C(C)=O)c1. The Morgan fingerprint density at radius 2 is 1.95 bits per heavy atom. The van der Waals surface area contributed by atoms with Gasteiger partial charge in [-0.2, -0.15) is 4.31 Å². The average molecular weight is 298 g/mol. The summed E-state index contributed by atoms with van der Waals surface area (Å²) in [6.45, 7) is 2.93. The van der Waals surface area contributed by atoms with Crippen LogP contribution in [0.4, 0.5) is 0 Å². The molecular weight excluding hydrogens is 280 g/mol. The summed E-state index contributed by atoms with van der Waals surface area (Å²) in [4.78, 5) is 22.7. The van der Waals surface area contributed by atoms with Gasteiger partial charge >= 0.3 is 0 Å². The lowest BCUT2D eigenvalue weighted by Crippen LogP contribution is -2.39. The fraction of sp³-hybridized carbons (Fsp3) is 0.385. The van der Waals surface area contributed by atoms with E-state index in [0.717, 1.165) is 4.31 Å². The molecule has 1 N–H and O–H groups in total. The highest BCUT2D eigenvalue weighted by Gasteiger charge is 2.25. The summed E-state index contributed by atoms with van der Waals surface area (Å²) >= 11 is 0. The summed E-state index contributed by atoms with van der Waals surface area (Å²) in [5.41, 5.74) is 0.321. The van der Waals surface area contributed by atoms with E-state index in [0.29, 0.717) is 5.56 Å². The van der Waals surface area contributed by atoms with Crippen molar-refractivity contribution in [1.82, 2.24) is 9.62 Å². The fourth-order valence-electron chi connectivity index (χ4n) is 1.63. The molecule has 20 heavy (non-hydrogen) atoms. The Hall–Kier alpha value is -1.73. The lowest BCUT2D eigenvalue weighted by Gasteiger charge is -2.19. The van der Waals surface area contributed by atoms with E-state index in [4.69, 9.17) is 0 Å². The highest BCUT2D eigenvalue weighted by atomic mass is 32.2. The summed E-state index contributed by atoms with van der Waals surface area (Å²) in [5.74, 6) is -0.602. The minimum absolute atomic E-state index is 0.0101. The number of carbonyl (C=O) groups excluding carboxylic acids is 2. The minimum atomic E-state index is -3.79. The first-order valence-corrected chi connectivity index (χ1v) is 7.58. The van der Waals surface area contributed by atoms with Crippen LogP contribution in [-0.2, 0) is 14.8 Å². The van der Waals surface area contributed by atoms with E-state index in [9.17, 15) is 18.0 Å². The molecule has 1 amide bonds. The lowest BCUT2D eigenvalue weighted by molar-refractivity contribution is -0.120. The van der Waals surface area contributed by atoms with Crippen molar-refractivity contribution in [1.29, 1.82) is 0 Å². The smallest absolute Gasteiger partial charge is 0.243 e.